The fourth-order valence-corrected chi connectivity index (χ4v) is 3.14. The molecule has 0 amide bonds. The van der Waals surface area contributed by atoms with Crippen molar-refractivity contribution in [1.82, 2.24) is 5.32 Å². The molecule has 0 spiro atoms. The lowest BCUT2D eigenvalue weighted by Crippen LogP contribution is -2.19. The van der Waals surface area contributed by atoms with Gasteiger partial charge in [0, 0.05) is 16.8 Å². The standard InChI is InChI=1S/C16H18BrNO2S/c1-18-16(10-12-6-8-14(17)9-7-12)13-4-3-5-15(11-13)21(2,19)20/h3-9,11,16,18H,10H2,1-2H3. The molecule has 0 aliphatic heterocycles. The van der Waals surface area contributed by atoms with E-state index in [-0.39, 0.29) is 6.04 Å². The van der Waals surface area contributed by atoms with E-state index in [4.69, 9.17) is 0 Å². The summed E-state index contributed by atoms with van der Waals surface area (Å²) >= 11 is 3.42. The Morgan fingerprint density at radius 3 is 2.38 bits per heavy atom. The van der Waals surface area contributed by atoms with Crippen LogP contribution < -0.4 is 5.32 Å². The minimum atomic E-state index is -3.18. The Morgan fingerprint density at radius 1 is 1.14 bits per heavy atom. The van der Waals surface area contributed by atoms with E-state index in [2.05, 4.69) is 33.4 Å². The number of hydrogen-bond donors (Lipinski definition) is 1. The van der Waals surface area contributed by atoms with Crippen LogP contribution in [-0.4, -0.2) is 21.7 Å². The molecule has 1 unspecified atom stereocenters. The molecule has 0 aliphatic carbocycles. The van der Waals surface area contributed by atoms with Gasteiger partial charge in [0.25, 0.3) is 0 Å². The Labute approximate surface area is 134 Å². The largest absolute Gasteiger partial charge is 0.313 e. The van der Waals surface area contributed by atoms with Crippen molar-refractivity contribution in [3.05, 3.63) is 64.1 Å². The molecular weight excluding hydrogens is 350 g/mol. The van der Waals surface area contributed by atoms with Gasteiger partial charge >= 0.3 is 0 Å². The number of hydrogen-bond acceptors (Lipinski definition) is 3. The quantitative estimate of drug-likeness (QED) is 0.881. The zero-order valence-corrected chi connectivity index (χ0v) is 14.4. The number of sulfone groups is 1. The Balaban J connectivity index is 2.27. The molecular formula is C16H18BrNO2S. The highest BCUT2D eigenvalue weighted by molar-refractivity contribution is 9.10. The third-order valence-corrected chi connectivity index (χ3v) is 5.03. The maximum absolute atomic E-state index is 11.7. The number of rotatable bonds is 5. The fourth-order valence-electron chi connectivity index (χ4n) is 2.20. The average Bonchev–Trinajstić information content (AvgIpc) is 2.46. The predicted octanol–water partition coefficient (Wildman–Crippen LogP) is 3.36. The Hall–Kier alpha value is -1.17. The monoisotopic (exact) mass is 367 g/mol. The van der Waals surface area contributed by atoms with Crippen LogP contribution in [0.5, 0.6) is 0 Å². The highest BCUT2D eigenvalue weighted by Gasteiger charge is 2.13. The first-order valence-corrected chi connectivity index (χ1v) is 9.30. The summed E-state index contributed by atoms with van der Waals surface area (Å²) in [5.41, 5.74) is 2.17. The third-order valence-electron chi connectivity index (χ3n) is 3.39. The van der Waals surface area contributed by atoms with Crippen molar-refractivity contribution < 1.29 is 8.42 Å². The summed E-state index contributed by atoms with van der Waals surface area (Å²) in [7, 11) is -1.29. The average molecular weight is 368 g/mol. The van der Waals surface area contributed by atoms with Gasteiger partial charge in [-0.3, -0.25) is 0 Å². The molecule has 2 aromatic carbocycles. The number of nitrogens with one attached hydrogen (secondary N) is 1. The van der Waals surface area contributed by atoms with Crippen LogP contribution in [0, 0.1) is 0 Å². The zero-order chi connectivity index (χ0) is 15.5. The van der Waals surface area contributed by atoms with E-state index in [1.807, 2.05) is 25.2 Å². The molecule has 0 saturated heterocycles. The van der Waals surface area contributed by atoms with Gasteiger partial charge in [-0.2, -0.15) is 0 Å². The minimum Gasteiger partial charge on any atom is -0.313 e. The van der Waals surface area contributed by atoms with Crippen molar-refractivity contribution in [2.75, 3.05) is 13.3 Å². The molecule has 2 rings (SSSR count). The second kappa shape index (κ2) is 6.73. The fraction of sp³-hybridized carbons (Fsp3) is 0.250. The summed E-state index contributed by atoms with van der Waals surface area (Å²) in [6, 6.07) is 15.3. The van der Waals surface area contributed by atoms with E-state index in [1.54, 1.807) is 18.2 Å². The van der Waals surface area contributed by atoms with Gasteiger partial charge in [-0.25, -0.2) is 8.42 Å². The molecule has 2 aromatic rings. The maximum atomic E-state index is 11.7. The van der Waals surface area contributed by atoms with Crippen molar-refractivity contribution in [2.24, 2.45) is 0 Å². The molecule has 0 heterocycles. The van der Waals surface area contributed by atoms with Gasteiger partial charge in [0.05, 0.1) is 4.90 Å². The molecule has 1 N–H and O–H groups in total. The number of halogens is 1. The van der Waals surface area contributed by atoms with Gasteiger partial charge in [0.2, 0.25) is 0 Å². The molecule has 3 nitrogen and oxygen atoms in total. The second-order valence-corrected chi connectivity index (χ2v) is 7.95. The number of benzene rings is 2. The molecule has 0 radical (unpaired) electrons. The molecule has 0 saturated carbocycles. The van der Waals surface area contributed by atoms with Crippen LogP contribution in [0.15, 0.2) is 57.9 Å². The highest BCUT2D eigenvalue weighted by atomic mass is 79.9. The minimum absolute atomic E-state index is 0.0767. The molecule has 0 bridgehead atoms. The first-order chi connectivity index (χ1) is 9.90. The number of likely N-dealkylation sites (N-methyl/N-ethyl adjacent to an activating group) is 1. The SMILES string of the molecule is CNC(Cc1ccc(Br)cc1)c1cccc(S(C)(=O)=O)c1. The van der Waals surface area contributed by atoms with Gasteiger partial charge in [-0.05, 0) is 48.9 Å². The summed E-state index contributed by atoms with van der Waals surface area (Å²) in [6.07, 6.45) is 2.03. The summed E-state index contributed by atoms with van der Waals surface area (Å²) < 4.78 is 24.4. The summed E-state index contributed by atoms with van der Waals surface area (Å²) in [5, 5.41) is 3.25. The Kier molecular flexibility index (Phi) is 5.19. The summed E-state index contributed by atoms with van der Waals surface area (Å²) in [4.78, 5) is 0.357. The summed E-state index contributed by atoms with van der Waals surface area (Å²) in [6.45, 7) is 0. The van der Waals surface area contributed by atoms with Crippen LogP contribution in [0.2, 0.25) is 0 Å². The van der Waals surface area contributed by atoms with E-state index in [0.29, 0.717) is 4.90 Å². The topological polar surface area (TPSA) is 46.2 Å². The van der Waals surface area contributed by atoms with Crippen molar-refractivity contribution in [1.29, 1.82) is 0 Å². The van der Waals surface area contributed by atoms with Gasteiger partial charge in [0.1, 0.15) is 0 Å². The smallest absolute Gasteiger partial charge is 0.175 e. The Morgan fingerprint density at radius 2 is 1.81 bits per heavy atom. The van der Waals surface area contributed by atoms with Crippen LogP contribution >= 0.6 is 15.9 Å². The lowest BCUT2D eigenvalue weighted by Gasteiger charge is -2.17. The van der Waals surface area contributed by atoms with Gasteiger partial charge in [-0.1, -0.05) is 40.2 Å². The molecule has 0 fully saturated rings. The highest BCUT2D eigenvalue weighted by Crippen LogP contribution is 2.22. The van der Waals surface area contributed by atoms with Crippen molar-refractivity contribution in [2.45, 2.75) is 17.4 Å². The lowest BCUT2D eigenvalue weighted by molar-refractivity contribution is 0.587. The molecule has 0 aliphatic rings. The van der Waals surface area contributed by atoms with Gasteiger partial charge < -0.3 is 5.32 Å². The first kappa shape index (κ1) is 16.2. The molecule has 21 heavy (non-hydrogen) atoms. The van der Waals surface area contributed by atoms with Crippen LogP contribution in [0.1, 0.15) is 17.2 Å². The van der Waals surface area contributed by atoms with Crippen LogP contribution in [-0.2, 0) is 16.3 Å². The zero-order valence-electron chi connectivity index (χ0n) is 12.0. The van der Waals surface area contributed by atoms with Crippen LogP contribution in [0.3, 0.4) is 0 Å². The maximum Gasteiger partial charge on any atom is 0.175 e. The van der Waals surface area contributed by atoms with E-state index in [1.165, 1.54) is 11.8 Å². The second-order valence-electron chi connectivity index (χ2n) is 5.02. The molecule has 112 valence electrons. The third kappa shape index (κ3) is 4.40. The molecule has 1 atom stereocenters. The van der Waals surface area contributed by atoms with Gasteiger partial charge in [0.15, 0.2) is 9.84 Å². The van der Waals surface area contributed by atoms with E-state index < -0.39 is 9.84 Å². The van der Waals surface area contributed by atoms with Crippen molar-refractivity contribution >= 4 is 25.8 Å². The van der Waals surface area contributed by atoms with Gasteiger partial charge in [-0.15, -0.1) is 0 Å². The van der Waals surface area contributed by atoms with Crippen molar-refractivity contribution in [3.8, 4) is 0 Å². The lowest BCUT2D eigenvalue weighted by atomic mass is 9.99. The summed E-state index contributed by atoms with van der Waals surface area (Å²) in [5.74, 6) is 0. The first-order valence-electron chi connectivity index (χ1n) is 6.62. The van der Waals surface area contributed by atoms with E-state index >= 15 is 0 Å². The van der Waals surface area contributed by atoms with Crippen LogP contribution in [0.25, 0.3) is 0 Å². The normalized spacial score (nSPS) is 13.1. The predicted molar refractivity (Wildman–Crippen MR) is 89.2 cm³/mol. The van der Waals surface area contributed by atoms with E-state index in [0.717, 1.165) is 16.5 Å². The van der Waals surface area contributed by atoms with E-state index in [9.17, 15) is 8.42 Å². The van der Waals surface area contributed by atoms with Crippen molar-refractivity contribution in [3.63, 3.8) is 0 Å². The Bertz CT molecular complexity index is 711. The molecule has 0 aromatic heterocycles. The molecule has 5 heteroatoms. The van der Waals surface area contributed by atoms with Crippen LogP contribution in [0.4, 0.5) is 0 Å².